The van der Waals surface area contributed by atoms with Gasteiger partial charge in [-0.3, -0.25) is 4.79 Å². The molecule has 1 aliphatic carbocycles. The molecule has 2 aliphatic rings. The highest BCUT2D eigenvalue weighted by Gasteiger charge is 2.27. The zero-order valence-corrected chi connectivity index (χ0v) is 17.6. The smallest absolute Gasteiger partial charge is 0.257 e. The topological polar surface area (TPSA) is 63.9 Å². The van der Waals surface area contributed by atoms with E-state index in [2.05, 4.69) is 41.3 Å². The van der Waals surface area contributed by atoms with Crippen molar-refractivity contribution in [3.05, 3.63) is 59.0 Å². The minimum absolute atomic E-state index is 0.0612. The van der Waals surface area contributed by atoms with Gasteiger partial charge in [0.25, 0.3) is 11.9 Å². The number of aromatic nitrogens is 4. The lowest BCUT2D eigenvalue weighted by atomic mass is 10.0. The van der Waals surface area contributed by atoms with Crippen LogP contribution in [0.5, 0.6) is 0 Å². The largest absolute Gasteiger partial charge is 0.336 e. The molecule has 3 aromatic rings. The van der Waals surface area contributed by atoms with E-state index in [0.717, 1.165) is 50.0 Å². The Bertz CT molecular complexity index is 1100. The van der Waals surface area contributed by atoms with Gasteiger partial charge in [0.1, 0.15) is 0 Å². The van der Waals surface area contributed by atoms with Crippen molar-refractivity contribution >= 4 is 5.91 Å². The molecule has 30 heavy (non-hydrogen) atoms. The Hall–Kier alpha value is -3.02. The van der Waals surface area contributed by atoms with Gasteiger partial charge in [-0.15, -0.1) is 0 Å². The van der Waals surface area contributed by atoms with Crippen LogP contribution in [-0.2, 0) is 12.8 Å². The summed E-state index contributed by atoms with van der Waals surface area (Å²) in [5.41, 5.74) is 6.10. The van der Waals surface area contributed by atoms with Crippen molar-refractivity contribution in [3.63, 3.8) is 0 Å². The number of rotatable bonds is 2. The normalized spacial score (nSPS) is 18.5. The highest BCUT2D eigenvalue weighted by Crippen LogP contribution is 2.31. The molecule has 1 atom stereocenters. The predicted octanol–water partition coefficient (Wildman–Crippen LogP) is 4.14. The van der Waals surface area contributed by atoms with Gasteiger partial charge in [-0.1, -0.05) is 24.3 Å². The fourth-order valence-electron chi connectivity index (χ4n) is 4.73. The van der Waals surface area contributed by atoms with Crippen molar-refractivity contribution in [2.75, 3.05) is 6.54 Å². The molecule has 1 aromatic carbocycles. The molecule has 1 amide bonds. The second kappa shape index (κ2) is 7.67. The maximum absolute atomic E-state index is 13.1. The van der Waals surface area contributed by atoms with Gasteiger partial charge in [0, 0.05) is 24.3 Å². The van der Waals surface area contributed by atoms with Crippen LogP contribution in [0.1, 0.15) is 59.8 Å². The van der Waals surface area contributed by atoms with Gasteiger partial charge < -0.3 is 4.90 Å². The van der Waals surface area contributed by atoms with Crippen molar-refractivity contribution in [1.29, 1.82) is 0 Å². The van der Waals surface area contributed by atoms with Crippen molar-refractivity contribution in [3.8, 4) is 17.2 Å². The van der Waals surface area contributed by atoms with E-state index in [1.807, 2.05) is 18.0 Å². The van der Waals surface area contributed by atoms with Crippen molar-refractivity contribution in [2.45, 2.75) is 58.4 Å². The number of carbonyl (C=O) groups excluding carboxylic acids is 1. The number of nitrogens with zero attached hydrogens (tertiary/aromatic N) is 5. The van der Waals surface area contributed by atoms with Gasteiger partial charge in [-0.25, -0.2) is 14.6 Å². The summed E-state index contributed by atoms with van der Waals surface area (Å²) in [6, 6.07) is 8.74. The Kier molecular flexibility index (Phi) is 4.85. The molecule has 0 N–H and O–H groups in total. The maximum atomic E-state index is 13.1. The van der Waals surface area contributed by atoms with E-state index in [0.29, 0.717) is 11.5 Å². The summed E-state index contributed by atoms with van der Waals surface area (Å²) in [5, 5.41) is 4.50. The van der Waals surface area contributed by atoms with E-state index in [1.165, 1.54) is 23.1 Å². The number of likely N-dealkylation sites (tertiary alicyclic amines) is 1. The minimum atomic E-state index is 0.0612. The molecule has 0 spiro atoms. The number of carbonyl (C=O) groups is 1. The van der Waals surface area contributed by atoms with Gasteiger partial charge >= 0.3 is 0 Å². The van der Waals surface area contributed by atoms with Gasteiger partial charge in [0.15, 0.2) is 0 Å². The van der Waals surface area contributed by atoms with Crippen LogP contribution in [0.4, 0.5) is 0 Å². The van der Waals surface area contributed by atoms with Crippen molar-refractivity contribution < 1.29 is 4.79 Å². The lowest BCUT2D eigenvalue weighted by molar-refractivity contribution is 0.0635. The highest BCUT2D eigenvalue weighted by atomic mass is 16.2. The van der Waals surface area contributed by atoms with Crippen LogP contribution >= 0.6 is 0 Å². The molecule has 5 rings (SSSR count). The summed E-state index contributed by atoms with van der Waals surface area (Å²) >= 11 is 0. The van der Waals surface area contributed by atoms with E-state index in [1.54, 1.807) is 10.9 Å². The first-order chi connectivity index (χ1) is 14.6. The number of hydrogen-bond acceptors (Lipinski definition) is 4. The van der Waals surface area contributed by atoms with Crippen LogP contribution in [0.3, 0.4) is 0 Å². The molecule has 2 aromatic heterocycles. The Morgan fingerprint density at radius 2 is 1.90 bits per heavy atom. The van der Waals surface area contributed by atoms with Crippen LogP contribution in [0.2, 0.25) is 0 Å². The summed E-state index contributed by atoms with van der Waals surface area (Å²) in [6.07, 6.45) is 10.0. The van der Waals surface area contributed by atoms with Crippen LogP contribution < -0.4 is 0 Å². The number of piperidine rings is 1. The Labute approximate surface area is 177 Å². The molecular formula is C24H27N5O. The monoisotopic (exact) mass is 401 g/mol. The quantitative estimate of drug-likeness (QED) is 0.647. The maximum Gasteiger partial charge on any atom is 0.257 e. The van der Waals surface area contributed by atoms with Crippen LogP contribution in [-0.4, -0.2) is 43.1 Å². The number of benzene rings is 1. The molecule has 3 heterocycles. The molecule has 0 radical (unpaired) electrons. The SMILES string of the molecule is Cc1c(C(=O)N2CCCCC2C)cnn1-c1ncc2c(n1)-c1ccccc1CCC2. The molecule has 1 fully saturated rings. The second-order valence-corrected chi connectivity index (χ2v) is 8.45. The summed E-state index contributed by atoms with van der Waals surface area (Å²) in [7, 11) is 0. The first-order valence-electron chi connectivity index (χ1n) is 10.9. The molecule has 6 nitrogen and oxygen atoms in total. The number of aryl methyl sites for hydroxylation is 2. The third-order valence-electron chi connectivity index (χ3n) is 6.51. The molecule has 0 saturated carbocycles. The van der Waals surface area contributed by atoms with E-state index >= 15 is 0 Å². The number of hydrogen-bond donors (Lipinski definition) is 0. The minimum Gasteiger partial charge on any atom is -0.336 e. The van der Waals surface area contributed by atoms with E-state index in [4.69, 9.17) is 4.98 Å². The zero-order valence-electron chi connectivity index (χ0n) is 17.6. The molecule has 0 bridgehead atoms. The predicted molar refractivity (Wildman–Crippen MR) is 116 cm³/mol. The van der Waals surface area contributed by atoms with Gasteiger partial charge in [-0.05, 0) is 63.5 Å². The number of amides is 1. The standard InChI is InChI=1S/C24H27N5O/c1-16-8-5-6-13-28(16)23(30)21-15-26-29(17(21)2)24-25-14-19-11-7-10-18-9-3-4-12-20(18)22(19)27-24/h3-4,9,12,14-16H,5-8,10-11,13H2,1-2H3. The summed E-state index contributed by atoms with van der Waals surface area (Å²) in [4.78, 5) is 24.6. The number of fused-ring (bicyclic) bond motifs is 3. The summed E-state index contributed by atoms with van der Waals surface area (Å²) < 4.78 is 1.70. The Morgan fingerprint density at radius 1 is 1.07 bits per heavy atom. The Balaban J connectivity index is 1.53. The fraction of sp³-hybridized carbons (Fsp3) is 0.417. The Morgan fingerprint density at radius 3 is 2.77 bits per heavy atom. The van der Waals surface area contributed by atoms with E-state index in [9.17, 15) is 4.79 Å². The fourth-order valence-corrected chi connectivity index (χ4v) is 4.73. The van der Waals surface area contributed by atoms with Gasteiger partial charge in [0.05, 0.1) is 23.1 Å². The lowest BCUT2D eigenvalue weighted by Gasteiger charge is -2.33. The molecule has 154 valence electrons. The highest BCUT2D eigenvalue weighted by molar-refractivity contribution is 5.95. The van der Waals surface area contributed by atoms with E-state index in [-0.39, 0.29) is 11.9 Å². The van der Waals surface area contributed by atoms with Crippen molar-refractivity contribution in [2.24, 2.45) is 0 Å². The summed E-state index contributed by atoms with van der Waals surface area (Å²) in [6.45, 7) is 4.87. The second-order valence-electron chi connectivity index (χ2n) is 8.45. The molecule has 1 aliphatic heterocycles. The van der Waals surface area contributed by atoms with Crippen LogP contribution in [0.25, 0.3) is 17.2 Å². The van der Waals surface area contributed by atoms with Crippen LogP contribution in [0.15, 0.2) is 36.7 Å². The molecule has 1 saturated heterocycles. The third kappa shape index (κ3) is 3.20. The van der Waals surface area contributed by atoms with Gasteiger partial charge in [-0.2, -0.15) is 5.10 Å². The van der Waals surface area contributed by atoms with E-state index < -0.39 is 0 Å². The average Bonchev–Trinajstić information content (AvgIpc) is 3.05. The lowest BCUT2D eigenvalue weighted by Crippen LogP contribution is -2.42. The molecule has 6 heteroatoms. The first-order valence-corrected chi connectivity index (χ1v) is 10.9. The van der Waals surface area contributed by atoms with Crippen molar-refractivity contribution in [1.82, 2.24) is 24.6 Å². The molecule has 1 unspecified atom stereocenters. The third-order valence-corrected chi connectivity index (χ3v) is 6.51. The van der Waals surface area contributed by atoms with Gasteiger partial charge in [0.2, 0.25) is 0 Å². The molecular weight excluding hydrogens is 374 g/mol. The van der Waals surface area contributed by atoms with Crippen LogP contribution in [0, 0.1) is 6.92 Å². The zero-order chi connectivity index (χ0) is 20.7. The first kappa shape index (κ1) is 19.0. The summed E-state index contributed by atoms with van der Waals surface area (Å²) in [5.74, 6) is 0.583. The average molecular weight is 402 g/mol.